The van der Waals surface area contributed by atoms with Gasteiger partial charge in [0, 0.05) is 24.7 Å². The summed E-state index contributed by atoms with van der Waals surface area (Å²) in [5, 5.41) is 10.9. The van der Waals surface area contributed by atoms with Gasteiger partial charge in [0.2, 0.25) is 0 Å². The molecule has 1 aromatic rings. The van der Waals surface area contributed by atoms with Crippen molar-refractivity contribution in [3.63, 3.8) is 0 Å². The lowest BCUT2D eigenvalue weighted by atomic mass is 9.92. The van der Waals surface area contributed by atoms with Crippen LogP contribution in [0.1, 0.15) is 25.8 Å². The summed E-state index contributed by atoms with van der Waals surface area (Å²) in [7, 11) is 0. The Morgan fingerprint density at radius 2 is 2.00 bits per heavy atom. The van der Waals surface area contributed by atoms with E-state index in [-0.39, 0.29) is 0 Å². The fraction of sp³-hybridized carbons (Fsp3) is 0.647. The van der Waals surface area contributed by atoms with Crippen LogP contribution in [0.2, 0.25) is 5.02 Å². The molecule has 1 aliphatic heterocycles. The van der Waals surface area contributed by atoms with Crippen LogP contribution in [0.4, 0.5) is 0 Å². The van der Waals surface area contributed by atoms with Gasteiger partial charge in [-0.1, -0.05) is 25.4 Å². The van der Waals surface area contributed by atoms with Gasteiger partial charge in [-0.25, -0.2) is 0 Å². The third-order valence-electron chi connectivity index (χ3n) is 3.99. The van der Waals surface area contributed by atoms with Crippen molar-refractivity contribution >= 4 is 11.6 Å². The van der Waals surface area contributed by atoms with E-state index < -0.39 is 6.10 Å². The van der Waals surface area contributed by atoms with Crippen LogP contribution in [0.5, 0.6) is 5.75 Å². The zero-order valence-corrected chi connectivity index (χ0v) is 13.9. The molecule has 1 aliphatic rings. The van der Waals surface area contributed by atoms with Gasteiger partial charge in [-0.15, -0.1) is 0 Å². The molecule has 0 aliphatic carbocycles. The quantitative estimate of drug-likeness (QED) is 0.905. The predicted octanol–water partition coefficient (Wildman–Crippen LogP) is 3.37. The van der Waals surface area contributed by atoms with Gasteiger partial charge in [0.05, 0.1) is 0 Å². The second-order valence-corrected chi connectivity index (χ2v) is 6.95. The zero-order chi connectivity index (χ0) is 15.4. The molecule has 0 saturated carbocycles. The van der Waals surface area contributed by atoms with E-state index in [1.54, 1.807) is 0 Å². The second-order valence-electron chi connectivity index (χ2n) is 6.54. The van der Waals surface area contributed by atoms with E-state index in [0.29, 0.717) is 25.0 Å². The monoisotopic (exact) mass is 311 g/mol. The fourth-order valence-electron chi connectivity index (χ4n) is 3.19. The van der Waals surface area contributed by atoms with Crippen molar-refractivity contribution in [1.29, 1.82) is 0 Å². The molecular weight excluding hydrogens is 286 g/mol. The molecule has 3 atom stereocenters. The number of aliphatic hydroxyl groups excluding tert-OH is 1. The predicted molar refractivity (Wildman–Crippen MR) is 87.1 cm³/mol. The number of ether oxygens (including phenoxy) is 1. The van der Waals surface area contributed by atoms with Crippen molar-refractivity contribution in [3.05, 3.63) is 28.8 Å². The standard InChI is InChI=1S/C17H26ClNO2/c1-12-6-13(2)9-19(8-12)10-15(20)11-21-16-4-5-17(18)14(3)7-16/h4-5,7,12-13,15,20H,6,8-11H2,1-3H3/t12-,13+,15-/m1/s1. The van der Waals surface area contributed by atoms with Crippen LogP contribution < -0.4 is 4.74 Å². The third-order valence-corrected chi connectivity index (χ3v) is 4.41. The van der Waals surface area contributed by atoms with E-state index in [4.69, 9.17) is 16.3 Å². The summed E-state index contributed by atoms with van der Waals surface area (Å²) in [4.78, 5) is 2.35. The molecule has 0 aromatic heterocycles. The van der Waals surface area contributed by atoms with Gasteiger partial charge in [-0.05, 0) is 48.9 Å². The Bertz CT molecular complexity index is 456. The lowest BCUT2D eigenvalue weighted by Crippen LogP contribution is -2.44. The van der Waals surface area contributed by atoms with Crippen LogP contribution in [0, 0.1) is 18.8 Å². The summed E-state index contributed by atoms with van der Waals surface area (Å²) < 4.78 is 5.66. The Balaban J connectivity index is 1.79. The maximum absolute atomic E-state index is 10.2. The van der Waals surface area contributed by atoms with Crippen LogP contribution in [-0.2, 0) is 0 Å². The average Bonchev–Trinajstić information content (AvgIpc) is 2.39. The number of nitrogens with zero attached hydrogens (tertiary/aromatic N) is 1. The summed E-state index contributed by atoms with van der Waals surface area (Å²) in [6, 6.07) is 5.57. The lowest BCUT2D eigenvalue weighted by Gasteiger charge is -2.35. The van der Waals surface area contributed by atoms with Crippen molar-refractivity contribution in [2.75, 3.05) is 26.2 Å². The minimum absolute atomic E-state index is 0.320. The molecule has 4 heteroatoms. The Labute approximate surface area is 132 Å². The SMILES string of the molecule is Cc1cc(OC[C@H](O)CN2C[C@H](C)C[C@H](C)C2)ccc1Cl. The van der Waals surface area contributed by atoms with Gasteiger partial charge in [-0.2, -0.15) is 0 Å². The molecule has 1 heterocycles. The van der Waals surface area contributed by atoms with Crippen LogP contribution in [0.25, 0.3) is 0 Å². The van der Waals surface area contributed by atoms with Crippen LogP contribution in [-0.4, -0.2) is 42.4 Å². The Morgan fingerprint density at radius 1 is 1.33 bits per heavy atom. The summed E-state index contributed by atoms with van der Waals surface area (Å²) >= 11 is 5.99. The number of piperidine rings is 1. The van der Waals surface area contributed by atoms with Gasteiger partial charge >= 0.3 is 0 Å². The summed E-state index contributed by atoms with van der Waals surface area (Å²) in [6.07, 6.45) is 0.825. The highest BCUT2D eigenvalue weighted by Crippen LogP contribution is 2.22. The number of aryl methyl sites for hydroxylation is 1. The topological polar surface area (TPSA) is 32.7 Å². The molecule has 118 valence electrons. The van der Waals surface area contributed by atoms with Crippen molar-refractivity contribution < 1.29 is 9.84 Å². The van der Waals surface area contributed by atoms with Gasteiger partial charge in [0.1, 0.15) is 18.5 Å². The first-order valence-corrected chi connectivity index (χ1v) is 8.11. The Morgan fingerprint density at radius 3 is 2.62 bits per heavy atom. The molecule has 0 bridgehead atoms. The third kappa shape index (κ3) is 5.17. The van der Waals surface area contributed by atoms with Crippen molar-refractivity contribution in [3.8, 4) is 5.75 Å². The molecule has 1 saturated heterocycles. The van der Waals surface area contributed by atoms with E-state index >= 15 is 0 Å². The molecular formula is C17H26ClNO2. The number of β-amino-alcohol motifs (C(OH)–C–C–N with tert-alkyl or cyclic N) is 1. The van der Waals surface area contributed by atoms with E-state index in [9.17, 15) is 5.11 Å². The first-order valence-electron chi connectivity index (χ1n) is 7.73. The molecule has 1 aromatic carbocycles. The van der Waals surface area contributed by atoms with Crippen LogP contribution in [0.15, 0.2) is 18.2 Å². The minimum atomic E-state index is -0.460. The highest BCUT2D eigenvalue weighted by atomic mass is 35.5. The van der Waals surface area contributed by atoms with Gasteiger partial charge < -0.3 is 14.7 Å². The molecule has 21 heavy (non-hydrogen) atoms. The number of likely N-dealkylation sites (tertiary alicyclic amines) is 1. The summed E-state index contributed by atoms with van der Waals surface area (Å²) in [5.74, 6) is 2.18. The van der Waals surface area contributed by atoms with Crippen molar-refractivity contribution in [1.82, 2.24) is 4.90 Å². The number of rotatable bonds is 5. The molecule has 0 unspecified atom stereocenters. The zero-order valence-electron chi connectivity index (χ0n) is 13.2. The largest absolute Gasteiger partial charge is 0.491 e. The van der Waals surface area contributed by atoms with Crippen molar-refractivity contribution in [2.24, 2.45) is 11.8 Å². The molecule has 2 rings (SSSR count). The second kappa shape index (κ2) is 7.48. The van der Waals surface area contributed by atoms with Crippen LogP contribution in [0.3, 0.4) is 0 Å². The van der Waals surface area contributed by atoms with Gasteiger partial charge in [-0.3, -0.25) is 0 Å². The number of hydrogen-bond donors (Lipinski definition) is 1. The average molecular weight is 312 g/mol. The molecule has 1 fully saturated rings. The number of aliphatic hydroxyl groups is 1. The van der Waals surface area contributed by atoms with Crippen LogP contribution >= 0.6 is 11.6 Å². The van der Waals surface area contributed by atoms with Crippen molar-refractivity contribution in [2.45, 2.75) is 33.3 Å². The number of halogens is 1. The van der Waals surface area contributed by atoms with Gasteiger partial charge in [0.25, 0.3) is 0 Å². The summed E-state index contributed by atoms with van der Waals surface area (Å²) in [6.45, 7) is 9.65. The highest BCUT2D eigenvalue weighted by Gasteiger charge is 2.23. The van der Waals surface area contributed by atoms with E-state index in [0.717, 1.165) is 29.4 Å². The smallest absolute Gasteiger partial charge is 0.119 e. The Hall–Kier alpha value is -0.770. The molecule has 0 radical (unpaired) electrons. The maximum Gasteiger partial charge on any atom is 0.119 e. The Kier molecular flexibility index (Phi) is 5.91. The van der Waals surface area contributed by atoms with Gasteiger partial charge in [0.15, 0.2) is 0 Å². The first kappa shape index (κ1) is 16.6. The number of hydrogen-bond acceptors (Lipinski definition) is 3. The fourth-order valence-corrected chi connectivity index (χ4v) is 3.31. The lowest BCUT2D eigenvalue weighted by molar-refractivity contribution is 0.0429. The summed E-state index contributed by atoms with van der Waals surface area (Å²) in [5.41, 5.74) is 0.988. The molecule has 3 nitrogen and oxygen atoms in total. The minimum Gasteiger partial charge on any atom is -0.491 e. The molecule has 0 spiro atoms. The first-order chi connectivity index (χ1) is 9.94. The maximum atomic E-state index is 10.2. The normalized spacial score (nSPS) is 24.8. The molecule has 1 N–H and O–H groups in total. The van der Waals surface area contributed by atoms with E-state index in [1.165, 1.54) is 6.42 Å². The number of benzene rings is 1. The molecule has 0 amide bonds. The van der Waals surface area contributed by atoms with E-state index in [1.807, 2.05) is 25.1 Å². The van der Waals surface area contributed by atoms with E-state index in [2.05, 4.69) is 18.7 Å². The highest BCUT2D eigenvalue weighted by molar-refractivity contribution is 6.31.